The zero-order valence-electron chi connectivity index (χ0n) is 14.9. The first-order valence-electron chi connectivity index (χ1n) is 8.51. The van der Waals surface area contributed by atoms with Crippen LogP contribution < -0.4 is 4.74 Å². The van der Waals surface area contributed by atoms with Crippen molar-refractivity contribution < 1.29 is 27.5 Å². The molecule has 5 nitrogen and oxygen atoms in total. The van der Waals surface area contributed by atoms with Crippen molar-refractivity contribution in [1.29, 1.82) is 0 Å². The van der Waals surface area contributed by atoms with E-state index in [2.05, 4.69) is 9.72 Å². The minimum Gasteiger partial charge on any atom is -0.405 e. The second-order valence-corrected chi connectivity index (χ2v) is 6.57. The van der Waals surface area contributed by atoms with Crippen molar-refractivity contribution in [3.05, 3.63) is 52.3 Å². The van der Waals surface area contributed by atoms with E-state index in [1.54, 1.807) is 13.0 Å². The lowest BCUT2D eigenvalue weighted by atomic mass is 9.94. The first kappa shape index (κ1) is 19.0. The van der Waals surface area contributed by atoms with Crippen LogP contribution in [0.25, 0.3) is 0 Å². The third-order valence-corrected chi connectivity index (χ3v) is 4.60. The number of benzene rings is 1. The summed E-state index contributed by atoms with van der Waals surface area (Å²) < 4.78 is 41.7. The summed E-state index contributed by atoms with van der Waals surface area (Å²) >= 11 is 0. The van der Waals surface area contributed by atoms with Crippen molar-refractivity contribution >= 4 is 11.7 Å². The normalized spacial score (nSPS) is 14.0. The number of halogens is 3. The Bertz CT molecular complexity index is 887. The number of Topliss-reactive ketones (excluding diaryl/α,β-unsaturated/α-hetero) is 1. The molecule has 144 valence electrons. The van der Waals surface area contributed by atoms with Gasteiger partial charge in [-0.25, -0.2) is 0 Å². The Balaban J connectivity index is 1.83. The van der Waals surface area contributed by atoms with E-state index in [1.807, 2.05) is 0 Å². The summed E-state index contributed by atoms with van der Waals surface area (Å²) in [5.41, 5.74) is 2.44. The minimum absolute atomic E-state index is 0.00984. The van der Waals surface area contributed by atoms with E-state index in [0.29, 0.717) is 29.7 Å². The number of aromatic nitrogens is 1. The Hall–Kier alpha value is -2.77. The number of nitrogens with zero attached hydrogens (tertiary/aromatic N) is 1. The van der Waals surface area contributed by atoms with Gasteiger partial charge < -0.3 is 14.6 Å². The zero-order chi connectivity index (χ0) is 19.8. The van der Waals surface area contributed by atoms with Gasteiger partial charge in [0.1, 0.15) is 11.4 Å². The predicted octanol–water partition coefficient (Wildman–Crippen LogP) is 4.01. The van der Waals surface area contributed by atoms with Gasteiger partial charge in [-0.2, -0.15) is 0 Å². The lowest BCUT2D eigenvalue weighted by Gasteiger charge is -2.20. The maximum absolute atomic E-state index is 12.8. The maximum Gasteiger partial charge on any atom is 0.573 e. The number of H-pyrrole nitrogens is 1. The Kier molecular flexibility index (Phi) is 4.99. The van der Waals surface area contributed by atoms with Gasteiger partial charge >= 0.3 is 6.36 Å². The van der Waals surface area contributed by atoms with Gasteiger partial charge in [0.15, 0.2) is 5.78 Å². The summed E-state index contributed by atoms with van der Waals surface area (Å²) in [5, 5.41) is 0. The number of rotatable bonds is 4. The quantitative estimate of drug-likeness (QED) is 0.872. The standard InChI is InChI=1S/C19H19F3N2O3/c1-11-16-13(7-5-8-14(16)25)23-17(11)18(26)24(2)10-12-6-3-4-9-15(12)27-19(20,21)22/h3-4,6,9,23H,5,7-8,10H2,1-2H3. The van der Waals surface area contributed by atoms with Gasteiger partial charge in [0.05, 0.1) is 0 Å². The molecule has 0 spiro atoms. The number of aryl methyl sites for hydroxylation is 1. The predicted molar refractivity (Wildman–Crippen MR) is 91.7 cm³/mol. The number of ether oxygens (including phenoxy) is 1. The monoisotopic (exact) mass is 380 g/mol. The fraction of sp³-hybridized carbons (Fsp3) is 0.368. The summed E-state index contributed by atoms with van der Waals surface area (Å²) in [6, 6.07) is 5.69. The molecule has 0 saturated heterocycles. The Labute approximate surface area is 154 Å². The zero-order valence-corrected chi connectivity index (χ0v) is 14.9. The van der Waals surface area contributed by atoms with E-state index in [0.717, 1.165) is 12.1 Å². The summed E-state index contributed by atoms with van der Waals surface area (Å²) in [7, 11) is 1.49. The van der Waals surface area contributed by atoms with Gasteiger partial charge in [-0.05, 0) is 31.4 Å². The summed E-state index contributed by atoms with van der Waals surface area (Å²) in [6.45, 7) is 1.64. The van der Waals surface area contributed by atoms with E-state index >= 15 is 0 Å². The number of alkyl halides is 3. The highest BCUT2D eigenvalue weighted by Crippen LogP contribution is 2.29. The van der Waals surface area contributed by atoms with Crippen LogP contribution in [0, 0.1) is 6.92 Å². The lowest BCUT2D eigenvalue weighted by Crippen LogP contribution is -2.28. The van der Waals surface area contributed by atoms with Crippen molar-refractivity contribution in [2.75, 3.05) is 7.05 Å². The average Bonchev–Trinajstić information content (AvgIpc) is 2.92. The number of carbonyl (C=O) groups is 2. The molecule has 27 heavy (non-hydrogen) atoms. The second kappa shape index (κ2) is 7.09. The molecule has 0 fully saturated rings. The molecule has 0 saturated carbocycles. The van der Waals surface area contributed by atoms with Crippen LogP contribution in [-0.4, -0.2) is 35.0 Å². The molecule has 2 aromatic rings. The number of fused-ring (bicyclic) bond motifs is 1. The largest absolute Gasteiger partial charge is 0.573 e. The van der Waals surface area contributed by atoms with Crippen LogP contribution in [0.1, 0.15) is 50.5 Å². The van der Waals surface area contributed by atoms with Crippen LogP contribution in [0.4, 0.5) is 13.2 Å². The number of ketones is 1. The van der Waals surface area contributed by atoms with Crippen molar-refractivity contribution in [1.82, 2.24) is 9.88 Å². The van der Waals surface area contributed by atoms with Crippen molar-refractivity contribution in [2.45, 2.75) is 39.1 Å². The molecule has 1 N–H and O–H groups in total. The number of nitrogens with one attached hydrogen (secondary N) is 1. The van der Waals surface area contributed by atoms with Crippen LogP contribution >= 0.6 is 0 Å². The van der Waals surface area contributed by atoms with E-state index in [4.69, 9.17) is 0 Å². The van der Waals surface area contributed by atoms with Gasteiger partial charge in [0.25, 0.3) is 5.91 Å². The smallest absolute Gasteiger partial charge is 0.405 e. The van der Waals surface area contributed by atoms with Gasteiger partial charge in [-0.1, -0.05) is 18.2 Å². The Morgan fingerprint density at radius 3 is 2.63 bits per heavy atom. The summed E-state index contributed by atoms with van der Waals surface area (Å²) in [5.74, 6) is -0.727. The van der Waals surface area contributed by atoms with Crippen LogP contribution in [0.5, 0.6) is 5.75 Å². The minimum atomic E-state index is -4.81. The Morgan fingerprint density at radius 2 is 1.96 bits per heavy atom. The molecule has 1 amide bonds. The highest BCUT2D eigenvalue weighted by atomic mass is 19.4. The fourth-order valence-electron chi connectivity index (χ4n) is 3.36. The highest BCUT2D eigenvalue weighted by Gasteiger charge is 2.32. The molecule has 1 aromatic heterocycles. The van der Waals surface area contributed by atoms with E-state index in [9.17, 15) is 22.8 Å². The topological polar surface area (TPSA) is 62.4 Å². The molecule has 0 radical (unpaired) electrons. The van der Waals surface area contributed by atoms with Crippen LogP contribution in [0.2, 0.25) is 0 Å². The lowest BCUT2D eigenvalue weighted by molar-refractivity contribution is -0.275. The number of aromatic amines is 1. The number of para-hydroxylation sites is 1. The molecule has 3 rings (SSSR count). The van der Waals surface area contributed by atoms with Gasteiger partial charge in [-0.3, -0.25) is 9.59 Å². The van der Waals surface area contributed by atoms with Crippen molar-refractivity contribution in [2.24, 2.45) is 0 Å². The summed E-state index contributed by atoms with van der Waals surface area (Å²) in [6.07, 6.45) is -2.93. The SMILES string of the molecule is Cc1c(C(=O)N(C)Cc2ccccc2OC(F)(F)F)[nH]c2c1C(=O)CCC2. The highest BCUT2D eigenvalue weighted by molar-refractivity contribution is 6.04. The van der Waals surface area contributed by atoms with Crippen LogP contribution in [-0.2, 0) is 13.0 Å². The van der Waals surface area contributed by atoms with Crippen LogP contribution in [0.3, 0.4) is 0 Å². The maximum atomic E-state index is 12.8. The molecular formula is C19H19F3N2O3. The van der Waals surface area contributed by atoms with Gasteiger partial charge in [-0.15, -0.1) is 13.2 Å². The molecular weight excluding hydrogens is 361 g/mol. The number of carbonyl (C=O) groups excluding carboxylic acids is 2. The average molecular weight is 380 g/mol. The first-order chi connectivity index (χ1) is 12.7. The third-order valence-electron chi connectivity index (χ3n) is 4.60. The fourth-order valence-corrected chi connectivity index (χ4v) is 3.36. The Morgan fingerprint density at radius 1 is 1.26 bits per heavy atom. The third kappa shape index (κ3) is 3.99. The van der Waals surface area contributed by atoms with Crippen molar-refractivity contribution in [3.8, 4) is 5.75 Å². The number of hydrogen-bond donors (Lipinski definition) is 1. The number of hydrogen-bond acceptors (Lipinski definition) is 3. The van der Waals surface area contributed by atoms with Gasteiger partial charge in [0.2, 0.25) is 0 Å². The second-order valence-electron chi connectivity index (χ2n) is 6.57. The van der Waals surface area contributed by atoms with Gasteiger partial charge in [0, 0.05) is 36.8 Å². The molecule has 0 aliphatic heterocycles. The van der Waals surface area contributed by atoms with E-state index in [1.165, 1.54) is 30.1 Å². The number of amides is 1. The molecule has 8 heteroatoms. The molecule has 1 aliphatic rings. The molecule has 0 unspecified atom stereocenters. The molecule has 1 aromatic carbocycles. The molecule has 0 bridgehead atoms. The first-order valence-corrected chi connectivity index (χ1v) is 8.51. The molecule has 1 aliphatic carbocycles. The van der Waals surface area contributed by atoms with Crippen molar-refractivity contribution in [3.63, 3.8) is 0 Å². The van der Waals surface area contributed by atoms with E-state index in [-0.39, 0.29) is 23.6 Å². The summed E-state index contributed by atoms with van der Waals surface area (Å²) in [4.78, 5) is 29.3. The van der Waals surface area contributed by atoms with Crippen LogP contribution in [0.15, 0.2) is 24.3 Å². The van der Waals surface area contributed by atoms with E-state index < -0.39 is 12.3 Å². The molecule has 0 atom stereocenters. The molecule has 1 heterocycles.